The summed E-state index contributed by atoms with van der Waals surface area (Å²) in [5.74, 6) is 0. The zero-order valence-corrected chi connectivity index (χ0v) is 10.2. The number of unbranched alkanes of at least 4 members (excludes halogenated alkanes) is 3. The zero-order valence-electron chi connectivity index (χ0n) is 9.15. The van der Waals surface area contributed by atoms with Gasteiger partial charge in [0.05, 0.1) is 8.07 Å². The molecule has 0 aliphatic carbocycles. The smallest absolute Gasteiger partial charge is 0.0746 e. The van der Waals surface area contributed by atoms with Gasteiger partial charge in [-0.15, -0.1) is 0 Å². The van der Waals surface area contributed by atoms with Gasteiger partial charge in [-0.05, 0) is 6.42 Å². The van der Waals surface area contributed by atoms with E-state index in [4.69, 9.17) is 4.74 Å². The Morgan fingerprint density at radius 3 is 2.17 bits per heavy atom. The molecule has 0 aromatic heterocycles. The predicted molar refractivity (Wildman–Crippen MR) is 58.3 cm³/mol. The molecule has 12 heavy (non-hydrogen) atoms. The Labute approximate surface area is 78.5 Å². The molecule has 0 aromatic rings. The molecule has 0 radical (unpaired) electrons. The molecule has 0 fully saturated rings. The van der Waals surface area contributed by atoms with Crippen LogP contribution in [0.15, 0.2) is 0 Å². The van der Waals surface area contributed by atoms with Crippen molar-refractivity contribution >= 4 is 8.07 Å². The molecular formula is C10H24OSi. The van der Waals surface area contributed by atoms with E-state index in [2.05, 4.69) is 26.6 Å². The highest BCUT2D eigenvalue weighted by molar-refractivity contribution is 6.76. The Morgan fingerprint density at radius 1 is 1.00 bits per heavy atom. The van der Waals surface area contributed by atoms with Crippen molar-refractivity contribution in [2.45, 2.75) is 52.2 Å². The summed E-state index contributed by atoms with van der Waals surface area (Å²) in [5, 5.41) is 0. The van der Waals surface area contributed by atoms with E-state index in [1.807, 2.05) is 0 Å². The molecule has 0 aromatic carbocycles. The number of hydrogen-bond acceptors (Lipinski definition) is 1. The van der Waals surface area contributed by atoms with E-state index >= 15 is 0 Å². The van der Waals surface area contributed by atoms with Crippen LogP contribution in [0.2, 0.25) is 19.6 Å². The van der Waals surface area contributed by atoms with Crippen LogP contribution in [0.3, 0.4) is 0 Å². The first-order chi connectivity index (χ1) is 5.56. The van der Waals surface area contributed by atoms with E-state index in [0.29, 0.717) is 0 Å². The van der Waals surface area contributed by atoms with Crippen molar-refractivity contribution in [1.82, 2.24) is 0 Å². The lowest BCUT2D eigenvalue weighted by Crippen LogP contribution is -2.28. The Kier molecular flexibility index (Phi) is 6.77. The zero-order chi connectivity index (χ0) is 9.45. The molecule has 0 unspecified atom stereocenters. The Bertz CT molecular complexity index is 96.5. The molecule has 74 valence electrons. The molecule has 0 N–H and O–H groups in total. The summed E-state index contributed by atoms with van der Waals surface area (Å²) in [4.78, 5) is 0. The molecule has 0 bridgehead atoms. The van der Waals surface area contributed by atoms with Gasteiger partial charge in [-0.3, -0.25) is 0 Å². The SMILES string of the molecule is CCCCCCOC[Si](C)(C)C. The van der Waals surface area contributed by atoms with Crippen LogP contribution in [-0.2, 0) is 4.74 Å². The first-order valence-corrected chi connectivity index (χ1v) is 8.85. The van der Waals surface area contributed by atoms with Gasteiger partial charge in [-0.2, -0.15) is 0 Å². The van der Waals surface area contributed by atoms with E-state index in [-0.39, 0.29) is 0 Å². The first kappa shape index (κ1) is 12.2. The van der Waals surface area contributed by atoms with Gasteiger partial charge in [-0.1, -0.05) is 45.8 Å². The van der Waals surface area contributed by atoms with Crippen LogP contribution in [0.5, 0.6) is 0 Å². The maximum Gasteiger partial charge on any atom is 0.0746 e. The number of rotatable bonds is 7. The molecule has 0 amide bonds. The predicted octanol–water partition coefficient (Wildman–Crippen LogP) is 3.46. The maximum atomic E-state index is 5.61. The summed E-state index contributed by atoms with van der Waals surface area (Å²) < 4.78 is 5.61. The molecule has 0 aliphatic heterocycles. The summed E-state index contributed by atoms with van der Waals surface area (Å²) in [5.41, 5.74) is 0. The van der Waals surface area contributed by atoms with Gasteiger partial charge in [0, 0.05) is 12.8 Å². The van der Waals surface area contributed by atoms with Crippen molar-refractivity contribution in [2.75, 3.05) is 12.8 Å². The van der Waals surface area contributed by atoms with Crippen LogP contribution in [-0.4, -0.2) is 20.9 Å². The summed E-state index contributed by atoms with van der Waals surface area (Å²) in [6.07, 6.45) is 6.28. The van der Waals surface area contributed by atoms with E-state index in [1.54, 1.807) is 0 Å². The minimum atomic E-state index is -0.948. The van der Waals surface area contributed by atoms with Gasteiger partial charge in [0.15, 0.2) is 0 Å². The van der Waals surface area contributed by atoms with Crippen molar-refractivity contribution in [3.63, 3.8) is 0 Å². The van der Waals surface area contributed by atoms with Gasteiger partial charge in [-0.25, -0.2) is 0 Å². The lowest BCUT2D eigenvalue weighted by Gasteiger charge is -2.15. The van der Waals surface area contributed by atoms with E-state index < -0.39 is 8.07 Å². The van der Waals surface area contributed by atoms with Crippen LogP contribution >= 0.6 is 0 Å². The molecule has 0 spiro atoms. The normalized spacial score (nSPS) is 12.0. The second-order valence-electron chi connectivity index (χ2n) is 4.67. The Hall–Kier alpha value is 0.177. The lowest BCUT2D eigenvalue weighted by atomic mass is 10.2. The second-order valence-corrected chi connectivity index (χ2v) is 10.1. The fourth-order valence-corrected chi connectivity index (χ4v) is 1.77. The van der Waals surface area contributed by atoms with Crippen molar-refractivity contribution < 1.29 is 4.74 Å². The Balaban J connectivity index is 3.01. The second kappa shape index (κ2) is 6.67. The highest BCUT2D eigenvalue weighted by Gasteiger charge is 2.12. The van der Waals surface area contributed by atoms with Crippen LogP contribution in [0, 0.1) is 0 Å². The minimum absolute atomic E-state index is 0.948. The number of hydrogen-bond donors (Lipinski definition) is 0. The molecule has 0 aliphatic rings. The summed E-state index contributed by atoms with van der Waals surface area (Å²) >= 11 is 0. The first-order valence-electron chi connectivity index (χ1n) is 5.14. The lowest BCUT2D eigenvalue weighted by molar-refractivity contribution is 0.167. The molecule has 2 heteroatoms. The number of ether oxygens (including phenoxy) is 1. The average molecular weight is 188 g/mol. The molecule has 1 nitrogen and oxygen atoms in total. The molecule has 0 saturated carbocycles. The average Bonchev–Trinajstić information content (AvgIpc) is 1.94. The molecule has 0 rings (SSSR count). The highest BCUT2D eigenvalue weighted by Crippen LogP contribution is 2.03. The van der Waals surface area contributed by atoms with E-state index in [0.717, 1.165) is 12.8 Å². The largest absolute Gasteiger partial charge is 0.385 e. The van der Waals surface area contributed by atoms with Gasteiger partial charge in [0.25, 0.3) is 0 Å². The topological polar surface area (TPSA) is 9.23 Å². The van der Waals surface area contributed by atoms with Gasteiger partial charge < -0.3 is 4.74 Å². The summed E-state index contributed by atoms with van der Waals surface area (Å²) in [6, 6.07) is 0. The quantitative estimate of drug-likeness (QED) is 0.439. The van der Waals surface area contributed by atoms with Crippen molar-refractivity contribution in [2.24, 2.45) is 0 Å². The fourth-order valence-electron chi connectivity index (χ4n) is 1.01. The fraction of sp³-hybridized carbons (Fsp3) is 1.00. The van der Waals surface area contributed by atoms with Crippen molar-refractivity contribution in [1.29, 1.82) is 0 Å². The third kappa shape index (κ3) is 10.2. The third-order valence-corrected chi connectivity index (χ3v) is 2.75. The summed E-state index contributed by atoms with van der Waals surface area (Å²) in [6.45, 7) is 10.3. The molecule has 0 saturated heterocycles. The van der Waals surface area contributed by atoms with Crippen molar-refractivity contribution in [3.05, 3.63) is 0 Å². The summed E-state index contributed by atoms with van der Waals surface area (Å²) in [7, 11) is -0.948. The molecule has 0 atom stereocenters. The molecule has 0 heterocycles. The van der Waals surface area contributed by atoms with Crippen LogP contribution in [0.1, 0.15) is 32.6 Å². The third-order valence-electron chi connectivity index (χ3n) is 1.68. The van der Waals surface area contributed by atoms with Crippen LogP contribution in [0.4, 0.5) is 0 Å². The van der Waals surface area contributed by atoms with Gasteiger partial charge in [0.2, 0.25) is 0 Å². The van der Waals surface area contributed by atoms with Gasteiger partial charge in [0.1, 0.15) is 0 Å². The van der Waals surface area contributed by atoms with E-state index in [1.165, 1.54) is 25.7 Å². The monoisotopic (exact) mass is 188 g/mol. The van der Waals surface area contributed by atoms with E-state index in [9.17, 15) is 0 Å². The van der Waals surface area contributed by atoms with Crippen LogP contribution < -0.4 is 0 Å². The van der Waals surface area contributed by atoms with Gasteiger partial charge >= 0.3 is 0 Å². The van der Waals surface area contributed by atoms with Crippen LogP contribution in [0.25, 0.3) is 0 Å². The standard InChI is InChI=1S/C10H24OSi/c1-5-6-7-8-9-11-10-12(2,3)4/h5-10H2,1-4H3. The highest BCUT2D eigenvalue weighted by atomic mass is 28.3. The maximum absolute atomic E-state index is 5.61. The minimum Gasteiger partial charge on any atom is -0.385 e. The Morgan fingerprint density at radius 2 is 1.67 bits per heavy atom. The molecular weight excluding hydrogens is 164 g/mol. The van der Waals surface area contributed by atoms with Crippen molar-refractivity contribution in [3.8, 4) is 0 Å².